The Labute approximate surface area is 156 Å². The van der Waals surface area contributed by atoms with Gasteiger partial charge in [-0.05, 0) is 91.1 Å². The molecule has 4 nitrogen and oxygen atoms in total. The lowest BCUT2D eigenvalue weighted by molar-refractivity contribution is 0.257. The number of rotatable bonds is 4. The van der Waals surface area contributed by atoms with Crippen molar-refractivity contribution in [2.24, 2.45) is 0 Å². The van der Waals surface area contributed by atoms with Crippen molar-refractivity contribution in [1.82, 2.24) is 9.71 Å². The summed E-state index contributed by atoms with van der Waals surface area (Å²) in [5.41, 5.74) is 7.68. The van der Waals surface area contributed by atoms with E-state index in [1.165, 1.54) is 47.0 Å². The highest BCUT2D eigenvalue weighted by molar-refractivity contribution is 8.00. The Kier molecular flexibility index (Phi) is 4.81. The van der Waals surface area contributed by atoms with E-state index in [1.54, 1.807) is 11.3 Å². The third kappa shape index (κ3) is 3.60. The first kappa shape index (κ1) is 16.7. The van der Waals surface area contributed by atoms with Gasteiger partial charge in [-0.2, -0.15) is 0 Å². The Hall–Kier alpha value is -1.79. The third-order valence-corrected chi connectivity index (χ3v) is 6.28. The van der Waals surface area contributed by atoms with Gasteiger partial charge in [-0.1, -0.05) is 6.07 Å². The maximum absolute atomic E-state index is 12.3. The second kappa shape index (κ2) is 7.22. The molecule has 6 heteroatoms. The van der Waals surface area contributed by atoms with E-state index in [4.69, 9.17) is 0 Å². The van der Waals surface area contributed by atoms with E-state index in [9.17, 15) is 4.79 Å². The molecular formula is C19H21N3OS2. The molecule has 2 aromatic rings. The van der Waals surface area contributed by atoms with Crippen molar-refractivity contribution in [3.05, 3.63) is 49.8 Å². The van der Waals surface area contributed by atoms with Gasteiger partial charge in [0, 0.05) is 16.8 Å². The summed E-state index contributed by atoms with van der Waals surface area (Å²) in [6, 6.07) is 2.22. The first-order valence-electron chi connectivity index (χ1n) is 8.68. The Morgan fingerprint density at radius 3 is 2.56 bits per heavy atom. The highest BCUT2D eigenvalue weighted by Crippen LogP contribution is 2.38. The lowest BCUT2D eigenvalue weighted by atomic mass is 9.99. The molecule has 2 aliphatic carbocycles. The fourth-order valence-electron chi connectivity index (χ4n) is 3.73. The number of nitrogens with zero attached hydrogens (tertiary/aromatic N) is 1. The summed E-state index contributed by atoms with van der Waals surface area (Å²) in [5.74, 6) is 0. The zero-order valence-electron chi connectivity index (χ0n) is 14.2. The van der Waals surface area contributed by atoms with E-state index < -0.39 is 0 Å². The molecule has 2 aliphatic rings. The lowest BCUT2D eigenvalue weighted by Gasteiger charge is -2.16. The van der Waals surface area contributed by atoms with Crippen molar-refractivity contribution in [2.45, 2.75) is 45.4 Å². The number of anilines is 1. The first-order chi connectivity index (χ1) is 12.2. The lowest BCUT2D eigenvalue weighted by Crippen LogP contribution is -2.23. The van der Waals surface area contributed by atoms with Crippen LogP contribution in [-0.4, -0.2) is 11.0 Å². The summed E-state index contributed by atoms with van der Waals surface area (Å²) in [4.78, 5) is 16.7. The van der Waals surface area contributed by atoms with Crippen LogP contribution in [0.5, 0.6) is 0 Å². The molecule has 2 amide bonds. The number of aromatic nitrogens is 1. The number of hydrogen-bond acceptors (Lipinski definition) is 4. The fraction of sp³-hybridized carbons (Fsp3) is 0.368. The largest absolute Gasteiger partial charge is 0.329 e. The molecule has 0 saturated carbocycles. The first-order valence-corrected chi connectivity index (χ1v) is 10.4. The monoisotopic (exact) mass is 371 g/mol. The van der Waals surface area contributed by atoms with Crippen molar-refractivity contribution >= 4 is 41.1 Å². The van der Waals surface area contributed by atoms with Crippen LogP contribution in [0.25, 0.3) is 6.08 Å². The molecule has 1 aromatic heterocycles. The van der Waals surface area contributed by atoms with Crippen molar-refractivity contribution in [3.8, 4) is 0 Å². The quantitative estimate of drug-likeness (QED) is 0.754. The van der Waals surface area contributed by atoms with Crippen LogP contribution in [0.2, 0.25) is 0 Å². The van der Waals surface area contributed by atoms with E-state index in [1.807, 2.05) is 23.8 Å². The van der Waals surface area contributed by atoms with Crippen molar-refractivity contribution in [3.63, 3.8) is 0 Å². The summed E-state index contributed by atoms with van der Waals surface area (Å²) >= 11 is 2.87. The minimum Gasteiger partial charge on any atom is -0.307 e. The second-order valence-corrected chi connectivity index (χ2v) is 8.14. The highest BCUT2D eigenvalue weighted by Gasteiger charge is 2.24. The van der Waals surface area contributed by atoms with Gasteiger partial charge in [0.2, 0.25) is 0 Å². The number of thiazole rings is 1. The Morgan fingerprint density at radius 2 is 1.92 bits per heavy atom. The number of benzene rings is 1. The number of nitrogens with one attached hydrogen (secondary N) is 2. The predicted octanol–water partition coefficient (Wildman–Crippen LogP) is 4.87. The van der Waals surface area contributed by atoms with E-state index in [0.717, 1.165) is 42.1 Å². The van der Waals surface area contributed by atoms with Gasteiger partial charge in [-0.15, -0.1) is 11.3 Å². The normalized spacial score (nSPS) is 15.4. The number of carbonyl (C=O) groups excluding carboxylic acids is 1. The van der Waals surface area contributed by atoms with Gasteiger partial charge in [0.25, 0.3) is 0 Å². The summed E-state index contributed by atoms with van der Waals surface area (Å²) in [5, 5.41) is 7.95. The van der Waals surface area contributed by atoms with Crippen molar-refractivity contribution in [2.75, 3.05) is 5.32 Å². The molecule has 4 rings (SSSR count). The summed E-state index contributed by atoms with van der Waals surface area (Å²) < 4.78 is 2.85. The molecular weight excluding hydrogens is 350 g/mol. The number of amides is 2. The van der Waals surface area contributed by atoms with E-state index >= 15 is 0 Å². The molecule has 25 heavy (non-hydrogen) atoms. The SMILES string of the molecule is Cc1csc(/C=C/SNC(=O)Nc2c3c(cc4c2CCC4)CCC3)n1. The number of hydrogen-bond donors (Lipinski definition) is 2. The average molecular weight is 372 g/mol. The van der Waals surface area contributed by atoms with Crippen LogP contribution in [0.3, 0.4) is 0 Å². The van der Waals surface area contributed by atoms with Gasteiger partial charge in [0.05, 0.1) is 0 Å². The smallest absolute Gasteiger partial charge is 0.307 e. The molecule has 0 radical (unpaired) electrons. The second-order valence-electron chi connectivity index (χ2n) is 6.54. The Morgan fingerprint density at radius 1 is 1.20 bits per heavy atom. The number of fused-ring (bicyclic) bond motifs is 2. The molecule has 0 aliphatic heterocycles. The Balaban J connectivity index is 1.41. The van der Waals surface area contributed by atoms with Crippen molar-refractivity contribution in [1.29, 1.82) is 0 Å². The number of aryl methyl sites for hydroxylation is 3. The van der Waals surface area contributed by atoms with Gasteiger partial charge in [0.1, 0.15) is 5.01 Å². The molecule has 0 spiro atoms. The molecule has 1 aromatic carbocycles. The summed E-state index contributed by atoms with van der Waals surface area (Å²) in [6.07, 6.45) is 8.75. The van der Waals surface area contributed by atoms with Crippen LogP contribution in [0.15, 0.2) is 16.9 Å². The standard InChI is InChI=1S/C19H21N3OS2/c1-12-11-24-17(20-12)8-9-25-22-19(23)21-18-15-6-2-4-13(15)10-14-5-3-7-16(14)18/h8-11H,2-7H2,1H3,(H2,21,22,23)/b9-8+. The van der Waals surface area contributed by atoms with Gasteiger partial charge in [0.15, 0.2) is 0 Å². The molecule has 2 N–H and O–H groups in total. The van der Waals surface area contributed by atoms with Crippen LogP contribution >= 0.6 is 23.3 Å². The van der Waals surface area contributed by atoms with Gasteiger partial charge < -0.3 is 5.32 Å². The van der Waals surface area contributed by atoms with Crippen molar-refractivity contribution < 1.29 is 4.79 Å². The van der Waals surface area contributed by atoms with Gasteiger partial charge in [-0.25, -0.2) is 9.78 Å². The summed E-state index contributed by atoms with van der Waals surface area (Å²) in [7, 11) is 0. The molecule has 130 valence electrons. The minimum absolute atomic E-state index is 0.153. The molecule has 0 fully saturated rings. The molecule has 0 atom stereocenters. The van der Waals surface area contributed by atoms with Crippen LogP contribution in [-0.2, 0) is 25.7 Å². The fourth-order valence-corrected chi connectivity index (χ4v) is 4.93. The van der Waals surface area contributed by atoms with Gasteiger partial charge in [-0.3, -0.25) is 4.72 Å². The zero-order chi connectivity index (χ0) is 17.2. The summed E-state index contributed by atoms with van der Waals surface area (Å²) in [6.45, 7) is 1.98. The maximum Gasteiger partial charge on any atom is 0.329 e. The minimum atomic E-state index is -0.153. The molecule has 0 bridgehead atoms. The van der Waals surface area contributed by atoms with E-state index in [-0.39, 0.29) is 6.03 Å². The van der Waals surface area contributed by atoms with Crippen LogP contribution in [0, 0.1) is 6.92 Å². The number of carbonyl (C=O) groups is 1. The highest BCUT2D eigenvalue weighted by atomic mass is 32.2. The van der Waals surface area contributed by atoms with E-state index in [2.05, 4.69) is 21.1 Å². The van der Waals surface area contributed by atoms with Crippen LogP contribution < -0.4 is 10.0 Å². The topological polar surface area (TPSA) is 54.0 Å². The predicted molar refractivity (Wildman–Crippen MR) is 106 cm³/mol. The van der Waals surface area contributed by atoms with Crippen LogP contribution in [0.1, 0.15) is 45.8 Å². The molecule has 0 unspecified atom stereocenters. The third-order valence-electron chi connectivity index (χ3n) is 4.78. The number of urea groups is 1. The van der Waals surface area contributed by atoms with Crippen LogP contribution in [0.4, 0.5) is 10.5 Å². The maximum atomic E-state index is 12.3. The Bertz CT molecular complexity index is 809. The molecule has 0 saturated heterocycles. The molecule has 1 heterocycles. The van der Waals surface area contributed by atoms with Gasteiger partial charge >= 0.3 is 6.03 Å². The zero-order valence-corrected chi connectivity index (χ0v) is 15.9. The van der Waals surface area contributed by atoms with E-state index in [0.29, 0.717) is 0 Å². The average Bonchev–Trinajstić information content (AvgIpc) is 3.31.